The summed E-state index contributed by atoms with van der Waals surface area (Å²) in [6, 6.07) is 14.6. The second-order valence-electron chi connectivity index (χ2n) is 6.81. The molecule has 4 heteroatoms. The zero-order chi connectivity index (χ0) is 18.3. The zero-order valence-electron chi connectivity index (χ0n) is 15.1. The molecule has 0 aliphatic rings. The highest BCUT2D eigenvalue weighted by Crippen LogP contribution is 2.33. The first-order valence-electron chi connectivity index (χ1n) is 8.63. The standard InChI is InChI=1S/C22H20N2OS/c1-14-5-4-6-17(10-14)11-24-13-23-21-20(22(24)25)19(12-26-21)18-8-7-15(2)9-16(18)3/h4-10,12-13H,11H2,1-3H3. The van der Waals surface area contributed by atoms with Crippen LogP contribution in [0, 0.1) is 20.8 Å². The number of thiophene rings is 1. The SMILES string of the molecule is Cc1cccc(Cn2cnc3scc(-c4ccc(C)cc4C)c3c2=O)c1. The lowest BCUT2D eigenvalue weighted by atomic mass is 9.99. The van der Waals surface area contributed by atoms with Gasteiger partial charge in [0.05, 0.1) is 18.3 Å². The summed E-state index contributed by atoms with van der Waals surface area (Å²) in [5.74, 6) is 0. The van der Waals surface area contributed by atoms with Gasteiger partial charge in [0.2, 0.25) is 0 Å². The summed E-state index contributed by atoms with van der Waals surface area (Å²) in [5, 5.41) is 2.77. The van der Waals surface area contributed by atoms with Crippen LogP contribution in [0.1, 0.15) is 22.3 Å². The van der Waals surface area contributed by atoms with Gasteiger partial charge in [-0.05, 0) is 37.5 Å². The van der Waals surface area contributed by atoms with Crippen molar-refractivity contribution in [3.63, 3.8) is 0 Å². The third kappa shape index (κ3) is 2.97. The van der Waals surface area contributed by atoms with Crippen LogP contribution in [0.25, 0.3) is 21.3 Å². The summed E-state index contributed by atoms with van der Waals surface area (Å²) in [6.45, 7) is 6.77. The van der Waals surface area contributed by atoms with E-state index in [1.54, 1.807) is 10.9 Å². The van der Waals surface area contributed by atoms with Crippen molar-refractivity contribution in [1.82, 2.24) is 9.55 Å². The predicted molar refractivity (Wildman–Crippen MR) is 109 cm³/mol. The average molecular weight is 360 g/mol. The second-order valence-corrected chi connectivity index (χ2v) is 7.67. The van der Waals surface area contributed by atoms with Crippen LogP contribution in [0.5, 0.6) is 0 Å². The normalized spacial score (nSPS) is 11.2. The molecular formula is C22H20N2OS. The van der Waals surface area contributed by atoms with Crippen LogP contribution in [0.4, 0.5) is 0 Å². The molecular weight excluding hydrogens is 340 g/mol. The zero-order valence-corrected chi connectivity index (χ0v) is 15.9. The maximum Gasteiger partial charge on any atom is 0.263 e. The molecule has 0 aliphatic heterocycles. The van der Waals surface area contributed by atoms with Crippen molar-refractivity contribution in [2.75, 3.05) is 0 Å². The summed E-state index contributed by atoms with van der Waals surface area (Å²) in [7, 11) is 0. The number of benzene rings is 2. The Balaban J connectivity index is 1.86. The molecule has 0 atom stereocenters. The number of nitrogens with zero attached hydrogens (tertiary/aromatic N) is 2. The number of fused-ring (bicyclic) bond motifs is 1. The van der Waals surface area contributed by atoms with E-state index in [1.807, 2.05) is 17.5 Å². The van der Waals surface area contributed by atoms with Gasteiger partial charge in [0.15, 0.2) is 0 Å². The Morgan fingerprint density at radius 1 is 1.00 bits per heavy atom. The molecule has 130 valence electrons. The fourth-order valence-electron chi connectivity index (χ4n) is 3.40. The minimum absolute atomic E-state index is 0.0210. The average Bonchev–Trinajstić information content (AvgIpc) is 3.02. The molecule has 2 heterocycles. The molecule has 0 aliphatic carbocycles. The van der Waals surface area contributed by atoms with Crippen molar-refractivity contribution < 1.29 is 0 Å². The summed E-state index contributed by atoms with van der Waals surface area (Å²) < 4.78 is 1.71. The third-order valence-electron chi connectivity index (χ3n) is 4.67. The van der Waals surface area contributed by atoms with E-state index in [0.29, 0.717) is 6.54 Å². The number of rotatable bonds is 3. The summed E-state index contributed by atoms with van der Waals surface area (Å²) in [5.41, 5.74) is 6.81. The minimum atomic E-state index is 0.0210. The molecule has 3 nitrogen and oxygen atoms in total. The summed E-state index contributed by atoms with van der Waals surface area (Å²) >= 11 is 1.53. The van der Waals surface area contributed by atoms with Gasteiger partial charge in [-0.3, -0.25) is 9.36 Å². The van der Waals surface area contributed by atoms with Crippen molar-refractivity contribution in [3.8, 4) is 11.1 Å². The Labute approximate surface area is 156 Å². The van der Waals surface area contributed by atoms with Gasteiger partial charge in [0.1, 0.15) is 4.83 Å². The Morgan fingerprint density at radius 3 is 2.58 bits per heavy atom. The molecule has 4 aromatic rings. The van der Waals surface area contributed by atoms with Gasteiger partial charge in [-0.2, -0.15) is 0 Å². The van der Waals surface area contributed by atoms with E-state index in [1.165, 1.54) is 28.0 Å². The van der Waals surface area contributed by atoms with Crippen LogP contribution in [0.2, 0.25) is 0 Å². The molecule has 0 radical (unpaired) electrons. The Bertz CT molecular complexity index is 1170. The Morgan fingerprint density at radius 2 is 1.81 bits per heavy atom. The maximum absolute atomic E-state index is 13.2. The van der Waals surface area contributed by atoms with Gasteiger partial charge < -0.3 is 0 Å². The van der Waals surface area contributed by atoms with E-state index < -0.39 is 0 Å². The molecule has 0 saturated heterocycles. The topological polar surface area (TPSA) is 34.9 Å². The first-order chi connectivity index (χ1) is 12.5. The lowest BCUT2D eigenvalue weighted by Crippen LogP contribution is -2.21. The summed E-state index contributed by atoms with van der Waals surface area (Å²) in [6.07, 6.45) is 1.66. The van der Waals surface area contributed by atoms with Crippen LogP contribution < -0.4 is 5.56 Å². The molecule has 0 saturated carbocycles. The molecule has 4 rings (SSSR count). The van der Waals surface area contributed by atoms with Crippen molar-refractivity contribution >= 4 is 21.6 Å². The molecule has 0 fully saturated rings. The highest BCUT2D eigenvalue weighted by atomic mass is 32.1. The highest BCUT2D eigenvalue weighted by Gasteiger charge is 2.15. The number of aryl methyl sites for hydroxylation is 3. The van der Waals surface area contributed by atoms with E-state index >= 15 is 0 Å². The fourth-order valence-corrected chi connectivity index (χ4v) is 4.30. The Hall–Kier alpha value is -2.72. The highest BCUT2D eigenvalue weighted by molar-refractivity contribution is 7.17. The molecule has 26 heavy (non-hydrogen) atoms. The van der Waals surface area contributed by atoms with Crippen molar-refractivity contribution in [3.05, 3.63) is 86.8 Å². The van der Waals surface area contributed by atoms with Crippen LogP contribution in [-0.2, 0) is 6.54 Å². The molecule has 0 bridgehead atoms. The molecule has 0 spiro atoms. The summed E-state index contributed by atoms with van der Waals surface area (Å²) in [4.78, 5) is 18.5. The molecule has 0 unspecified atom stereocenters. The van der Waals surface area contributed by atoms with E-state index in [0.717, 1.165) is 26.9 Å². The van der Waals surface area contributed by atoms with E-state index in [9.17, 15) is 4.79 Å². The first kappa shape index (κ1) is 16.7. The lowest BCUT2D eigenvalue weighted by Gasteiger charge is -2.09. The number of aromatic nitrogens is 2. The smallest absolute Gasteiger partial charge is 0.263 e. The molecule has 0 amide bonds. The second kappa shape index (κ2) is 6.54. The molecule has 2 aromatic carbocycles. The maximum atomic E-state index is 13.2. The minimum Gasteiger partial charge on any atom is -0.294 e. The third-order valence-corrected chi connectivity index (χ3v) is 5.55. The van der Waals surface area contributed by atoms with Gasteiger partial charge in [-0.25, -0.2) is 4.98 Å². The molecule has 0 N–H and O–H groups in total. The van der Waals surface area contributed by atoms with Crippen molar-refractivity contribution in [2.24, 2.45) is 0 Å². The van der Waals surface area contributed by atoms with Gasteiger partial charge in [-0.15, -0.1) is 11.3 Å². The predicted octanol–water partition coefficient (Wildman–Crippen LogP) is 5.10. The number of hydrogen-bond donors (Lipinski definition) is 0. The van der Waals surface area contributed by atoms with Gasteiger partial charge in [0.25, 0.3) is 5.56 Å². The van der Waals surface area contributed by atoms with Crippen LogP contribution in [0.15, 0.2) is 59.0 Å². The van der Waals surface area contributed by atoms with Gasteiger partial charge in [-0.1, -0.05) is 53.6 Å². The van der Waals surface area contributed by atoms with Crippen molar-refractivity contribution in [1.29, 1.82) is 0 Å². The first-order valence-corrected chi connectivity index (χ1v) is 9.51. The van der Waals surface area contributed by atoms with Crippen molar-refractivity contribution in [2.45, 2.75) is 27.3 Å². The van der Waals surface area contributed by atoms with E-state index in [2.05, 4.69) is 56.1 Å². The van der Waals surface area contributed by atoms with E-state index in [4.69, 9.17) is 0 Å². The van der Waals surface area contributed by atoms with Gasteiger partial charge >= 0.3 is 0 Å². The largest absolute Gasteiger partial charge is 0.294 e. The Kier molecular flexibility index (Phi) is 4.21. The molecule has 2 aromatic heterocycles. The monoisotopic (exact) mass is 360 g/mol. The fraction of sp³-hybridized carbons (Fsp3) is 0.182. The van der Waals surface area contributed by atoms with Crippen LogP contribution >= 0.6 is 11.3 Å². The van der Waals surface area contributed by atoms with Crippen LogP contribution in [-0.4, -0.2) is 9.55 Å². The quantitative estimate of drug-likeness (QED) is 0.509. The lowest BCUT2D eigenvalue weighted by molar-refractivity contribution is 0.749. The van der Waals surface area contributed by atoms with Gasteiger partial charge in [0, 0.05) is 10.9 Å². The van der Waals surface area contributed by atoms with Crippen LogP contribution in [0.3, 0.4) is 0 Å². The number of hydrogen-bond acceptors (Lipinski definition) is 3. The van der Waals surface area contributed by atoms with E-state index in [-0.39, 0.29) is 5.56 Å².